The van der Waals surface area contributed by atoms with Crippen LogP contribution in [-0.4, -0.2) is 13.1 Å². The summed E-state index contributed by atoms with van der Waals surface area (Å²) in [6.07, 6.45) is 0. The van der Waals surface area contributed by atoms with Gasteiger partial charge in [-0.2, -0.15) is 0 Å². The van der Waals surface area contributed by atoms with Gasteiger partial charge in [-0.05, 0) is 22.6 Å². The fourth-order valence-electron chi connectivity index (χ4n) is 2.70. The Morgan fingerprint density at radius 3 is 2.46 bits per heavy atom. The molecule has 0 saturated heterocycles. The summed E-state index contributed by atoms with van der Waals surface area (Å²) < 4.78 is 5.19. The molecule has 3 rings (SSSR count). The van der Waals surface area contributed by atoms with Gasteiger partial charge in [0, 0.05) is 19.0 Å². The van der Waals surface area contributed by atoms with E-state index in [1.807, 2.05) is 66.7 Å². The Hall–Kier alpha value is -2.85. The van der Waals surface area contributed by atoms with Crippen LogP contribution in [0.3, 0.4) is 0 Å². The number of nitrogens with one attached hydrogen (secondary N) is 2. The minimum atomic E-state index is -0.224. The van der Waals surface area contributed by atoms with Crippen LogP contribution >= 0.6 is 0 Å². The average molecular weight is 320 g/mol. The zero-order valence-corrected chi connectivity index (χ0v) is 13.6. The van der Waals surface area contributed by atoms with E-state index in [1.54, 1.807) is 7.11 Å². The third kappa shape index (κ3) is 3.73. The van der Waals surface area contributed by atoms with E-state index in [1.165, 1.54) is 0 Å². The number of anilines is 1. The van der Waals surface area contributed by atoms with Crippen molar-refractivity contribution in [3.05, 3.63) is 77.9 Å². The van der Waals surface area contributed by atoms with Crippen LogP contribution < -0.4 is 10.6 Å². The van der Waals surface area contributed by atoms with Gasteiger partial charge in [-0.15, -0.1) is 0 Å². The average Bonchev–Trinajstić information content (AvgIpc) is 2.62. The molecule has 0 spiro atoms. The van der Waals surface area contributed by atoms with Gasteiger partial charge < -0.3 is 15.4 Å². The van der Waals surface area contributed by atoms with Gasteiger partial charge in [0.05, 0.1) is 12.3 Å². The van der Waals surface area contributed by atoms with Crippen LogP contribution in [0.4, 0.5) is 10.5 Å². The summed E-state index contributed by atoms with van der Waals surface area (Å²) in [4.78, 5) is 12.2. The van der Waals surface area contributed by atoms with Crippen molar-refractivity contribution in [3.63, 3.8) is 0 Å². The maximum atomic E-state index is 12.2. The van der Waals surface area contributed by atoms with Crippen molar-refractivity contribution < 1.29 is 9.53 Å². The van der Waals surface area contributed by atoms with E-state index in [9.17, 15) is 4.79 Å². The van der Waals surface area contributed by atoms with E-state index in [0.29, 0.717) is 13.2 Å². The van der Waals surface area contributed by atoms with Crippen molar-refractivity contribution >= 4 is 22.5 Å². The maximum absolute atomic E-state index is 12.2. The highest BCUT2D eigenvalue weighted by molar-refractivity contribution is 6.01. The molecule has 0 bridgehead atoms. The normalized spacial score (nSPS) is 10.5. The van der Waals surface area contributed by atoms with Crippen molar-refractivity contribution in [2.45, 2.75) is 13.2 Å². The number of carbonyl (C=O) groups is 1. The smallest absolute Gasteiger partial charge is 0.319 e. The van der Waals surface area contributed by atoms with Crippen molar-refractivity contribution in [3.8, 4) is 0 Å². The first-order valence-corrected chi connectivity index (χ1v) is 7.86. The summed E-state index contributed by atoms with van der Waals surface area (Å²) in [6.45, 7) is 0.985. The molecule has 24 heavy (non-hydrogen) atoms. The Morgan fingerprint density at radius 1 is 0.917 bits per heavy atom. The van der Waals surface area contributed by atoms with Gasteiger partial charge in [-0.1, -0.05) is 60.7 Å². The Bertz CT molecular complexity index is 840. The van der Waals surface area contributed by atoms with E-state index in [4.69, 9.17) is 4.74 Å². The summed E-state index contributed by atoms with van der Waals surface area (Å²) in [5, 5.41) is 7.95. The van der Waals surface area contributed by atoms with Crippen LogP contribution in [0.15, 0.2) is 66.7 Å². The largest absolute Gasteiger partial charge is 0.380 e. The van der Waals surface area contributed by atoms with Crippen molar-refractivity contribution in [2.24, 2.45) is 0 Å². The van der Waals surface area contributed by atoms with Crippen molar-refractivity contribution in [1.29, 1.82) is 0 Å². The number of hydrogen-bond donors (Lipinski definition) is 2. The van der Waals surface area contributed by atoms with Gasteiger partial charge in [0.1, 0.15) is 0 Å². The lowest BCUT2D eigenvalue weighted by molar-refractivity contribution is 0.184. The molecule has 0 aromatic heterocycles. The molecule has 0 atom stereocenters. The molecule has 0 aliphatic carbocycles. The van der Waals surface area contributed by atoms with Gasteiger partial charge in [0.15, 0.2) is 0 Å². The first-order valence-electron chi connectivity index (χ1n) is 7.86. The molecule has 2 amide bonds. The number of benzene rings is 3. The molecule has 0 fully saturated rings. The number of fused-ring (bicyclic) bond motifs is 1. The molecule has 0 radical (unpaired) electrons. The van der Waals surface area contributed by atoms with E-state index in [0.717, 1.165) is 27.6 Å². The van der Waals surface area contributed by atoms with E-state index in [-0.39, 0.29) is 6.03 Å². The van der Waals surface area contributed by atoms with Crippen molar-refractivity contribution in [2.75, 3.05) is 12.4 Å². The van der Waals surface area contributed by atoms with Gasteiger partial charge in [0.25, 0.3) is 0 Å². The predicted molar refractivity (Wildman–Crippen MR) is 97.0 cm³/mol. The third-order valence-electron chi connectivity index (χ3n) is 3.90. The maximum Gasteiger partial charge on any atom is 0.319 e. The van der Waals surface area contributed by atoms with Gasteiger partial charge in [0.2, 0.25) is 0 Å². The van der Waals surface area contributed by atoms with E-state index >= 15 is 0 Å². The van der Waals surface area contributed by atoms with Crippen LogP contribution in [-0.2, 0) is 17.9 Å². The second-order valence-electron chi connectivity index (χ2n) is 5.54. The standard InChI is InChI=1S/C20H20N2O2/c1-24-14-17-9-3-2-8-16(17)13-21-20(23)22-19-12-6-10-15-7-4-5-11-18(15)19/h2-12H,13-14H2,1H3,(H2,21,22,23). The van der Waals surface area contributed by atoms with Crippen LogP contribution in [0.1, 0.15) is 11.1 Å². The Kier molecular flexibility index (Phi) is 5.08. The molecule has 4 nitrogen and oxygen atoms in total. The minimum Gasteiger partial charge on any atom is -0.380 e. The van der Waals surface area contributed by atoms with E-state index < -0.39 is 0 Å². The summed E-state index contributed by atoms with van der Waals surface area (Å²) >= 11 is 0. The molecule has 0 aliphatic heterocycles. The topological polar surface area (TPSA) is 50.4 Å². The molecule has 0 saturated carbocycles. The summed E-state index contributed by atoms with van der Waals surface area (Å²) in [5.41, 5.74) is 2.92. The SMILES string of the molecule is COCc1ccccc1CNC(=O)Nc1cccc2ccccc12. The number of methoxy groups -OCH3 is 1. The van der Waals surface area contributed by atoms with Crippen LogP contribution in [0.5, 0.6) is 0 Å². The van der Waals surface area contributed by atoms with Crippen LogP contribution in [0.25, 0.3) is 10.8 Å². The summed E-state index contributed by atoms with van der Waals surface area (Å²) in [5.74, 6) is 0. The van der Waals surface area contributed by atoms with E-state index in [2.05, 4.69) is 10.6 Å². The highest BCUT2D eigenvalue weighted by atomic mass is 16.5. The zero-order chi connectivity index (χ0) is 16.8. The number of carbonyl (C=O) groups excluding carboxylic acids is 1. The molecule has 3 aromatic rings. The molecule has 0 aliphatic rings. The minimum absolute atomic E-state index is 0.224. The molecule has 0 unspecified atom stereocenters. The molecule has 3 aromatic carbocycles. The second kappa shape index (κ2) is 7.62. The third-order valence-corrected chi connectivity index (χ3v) is 3.90. The number of hydrogen-bond acceptors (Lipinski definition) is 2. The highest BCUT2D eigenvalue weighted by Gasteiger charge is 2.07. The lowest BCUT2D eigenvalue weighted by Crippen LogP contribution is -2.28. The highest BCUT2D eigenvalue weighted by Crippen LogP contribution is 2.22. The van der Waals surface area contributed by atoms with Crippen molar-refractivity contribution in [1.82, 2.24) is 5.32 Å². The molecule has 122 valence electrons. The van der Waals surface area contributed by atoms with Gasteiger partial charge in [-0.3, -0.25) is 0 Å². The Balaban J connectivity index is 1.68. The summed E-state index contributed by atoms with van der Waals surface area (Å²) in [7, 11) is 1.66. The molecular weight excluding hydrogens is 300 g/mol. The monoisotopic (exact) mass is 320 g/mol. The fourth-order valence-corrected chi connectivity index (χ4v) is 2.70. The zero-order valence-electron chi connectivity index (χ0n) is 13.6. The molecular formula is C20H20N2O2. The Morgan fingerprint density at radius 2 is 1.62 bits per heavy atom. The molecule has 4 heteroatoms. The first-order chi connectivity index (χ1) is 11.8. The number of ether oxygens (including phenoxy) is 1. The van der Waals surface area contributed by atoms with Gasteiger partial charge in [-0.25, -0.2) is 4.79 Å². The lowest BCUT2D eigenvalue weighted by Gasteiger charge is -2.12. The van der Waals surface area contributed by atoms with Gasteiger partial charge >= 0.3 is 6.03 Å². The quantitative estimate of drug-likeness (QED) is 0.736. The second-order valence-corrected chi connectivity index (χ2v) is 5.54. The number of amides is 2. The molecule has 2 N–H and O–H groups in total. The fraction of sp³-hybridized carbons (Fsp3) is 0.150. The lowest BCUT2D eigenvalue weighted by atomic mass is 10.1. The number of urea groups is 1. The number of rotatable bonds is 5. The Labute approximate surface area is 141 Å². The summed E-state index contributed by atoms with van der Waals surface area (Å²) in [6, 6.07) is 21.5. The van der Waals surface area contributed by atoms with Crippen LogP contribution in [0.2, 0.25) is 0 Å². The molecule has 0 heterocycles. The predicted octanol–water partition coefficient (Wildman–Crippen LogP) is 4.31. The first kappa shape index (κ1) is 16.0. The van der Waals surface area contributed by atoms with Crippen LogP contribution in [0, 0.1) is 0 Å².